The fourth-order valence-electron chi connectivity index (χ4n) is 2.94. The van der Waals surface area contributed by atoms with E-state index in [0.29, 0.717) is 11.1 Å². The highest BCUT2D eigenvalue weighted by molar-refractivity contribution is 5.98. The van der Waals surface area contributed by atoms with Gasteiger partial charge in [0.1, 0.15) is 6.07 Å². The van der Waals surface area contributed by atoms with Crippen LogP contribution in [-0.4, -0.2) is 23.0 Å². The van der Waals surface area contributed by atoms with Crippen molar-refractivity contribution < 1.29 is 9.53 Å². The quantitative estimate of drug-likeness (QED) is 0.745. The minimum Gasteiger partial charge on any atom is -0.375 e. The van der Waals surface area contributed by atoms with Crippen LogP contribution in [0.3, 0.4) is 0 Å². The molecule has 1 aromatic rings. The largest absolute Gasteiger partial charge is 0.375 e. The van der Waals surface area contributed by atoms with Gasteiger partial charge in [-0.15, -0.1) is 0 Å². The van der Waals surface area contributed by atoms with E-state index < -0.39 is 0 Å². The number of nitriles is 1. The molecule has 2 fully saturated rings. The van der Waals surface area contributed by atoms with Gasteiger partial charge in [-0.3, -0.25) is 9.78 Å². The van der Waals surface area contributed by atoms with Gasteiger partial charge in [-0.1, -0.05) is 0 Å². The van der Waals surface area contributed by atoms with Gasteiger partial charge in [0.25, 0.3) is 0 Å². The summed E-state index contributed by atoms with van der Waals surface area (Å²) in [4.78, 5) is 16.3. The van der Waals surface area contributed by atoms with Gasteiger partial charge in [0.05, 0.1) is 17.8 Å². The van der Waals surface area contributed by atoms with Gasteiger partial charge in [0, 0.05) is 23.9 Å². The number of ether oxygens (including phenoxy) is 1. The Morgan fingerprint density at radius 1 is 1.33 bits per heavy atom. The first-order valence-electron chi connectivity index (χ1n) is 6.31. The molecular formula is C14H14N2O2. The van der Waals surface area contributed by atoms with Crippen LogP contribution in [0.25, 0.3) is 0 Å². The number of pyridine rings is 1. The number of Topliss-reactive ketones (excluding diaryl/α,β-unsaturated/α-hetero) is 1. The Morgan fingerprint density at radius 3 is 2.72 bits per heavy atom. The number of nitrogens with zero attached hydrogens (tertiary/aromatic N) is 2. The SMILES string of the molecule is N#Cc1cncc(C(=O)C2CC3CCC(C2)O3)c1. The number of hydrogen-bond donors (Lipinski definition) is 0. The van der Waals surface area contributed by atoms with E-state index in [1.165, 1.54) is 6.20 Å². The van der Waals surface area contributed by atoms with Crippen LogP contribution < -0.4 is 0 Å². The van der Waals surface area contributed by atoms with Crippen molar-refractivity contribution in [3.8, 4) is 6.07 Å². The number of ketones is 1. The van der Waals surface area contributed by atoms with Crippen molar-refractivity contribution >= 4 is 5.78 Å². The van der Waals surface area contributed by atoms with Crippen molar-refractivity contribution in [1.29, 1.82) is 5.26 Å². The molecule has 2 aliphatic rings. The highest BCUT2D eigenvalue weighted by Gasteiger charge is 2.38. The van der Waals surface area contributed by atoms with Gasteiger partial charge in [-0.2, -0.15) is 5.26 Å². The van der Waals surface area contributed by atoms with E-state index in [1.807, 2.05) is 6.07 Å². The summed E-state index contributed by atoms with van der Waals surface area (Å²) in [6, 6.07) is 3.65. The maximum absolute atomic E-state index is 12.4. The second-order valence-electron chi connectivity index (χ2n) is 5.06. The van der Waals surface area contributed by atoms with Crippen LogP contribution >= 0.6 is 0 Å². The Labute approximate surface area is 106 Å². The lowest BCUT2D eigenvalue weighted by Gasteiger charge is -2.27. The molecule has 0 N–H and O–H groups in total. The third-order valence-corrected chi connectivity index (χ3v) is 3.81. The second kappa shape index (κ2) is 4.51. The first-order chi connectivity index (χ1) is 8.76. The highest BCUT2D eigenvalue weighted by Crippen LogP contribution is 2.37. The van der Waals surface area contributed by atoms with E-state index in [-0.39, 0.29) is 23.9 Å². The lowest BCUT2D eigenvalue weighted by Crippen LogP contribution is -2.30. The van der Waals surface area contributed by atoms with Crippen LogP contribution in [0.5, 0.6) is 0 Å². The van der Waals surface area contributed by atoms with Crippen molar-refractivity contribution in [2.45, 2.75) is 37.9 Å². The van der Waals surface area contributed by atoms with Crippen molar-refractivity contribution in [2.75, 3.05) is 0 Å². The van der Waals surface area contributed by atoms with E-state index in [0.717, 1.165) is 25.7 Å². The molecule has 2 bridgehead atoms. The fourth-order valence-corrected chi connectivity index (χ4v) is 2.94. The lowest BCUT2D eigenvalue weighted by atomic mass is 9.88. The van der Waals surface area contributed by atoms with Gasteiger partial charge in [-0.05, 0) is 31.7 Å². The Morgan fingerprint density at radius 2 is 2.06 bits per heavy atom. The number of aromatic nitrogens is 1. The lowest BCUT2D eigenvalue weighted by molar-refractivity contribution is -0.0149. The molecule has 2 atom stereocenters. The molecule has 4 heteroatoms. The van der Waals surface area contributed by atoms with Crippen LogP contribution in [-0.2, 0) is 4.74 Å². The number of carbonyl (C=O) groups excluding carboxylic acids is 1. The summed E-state index contributed by atoms with van der Waals surface area (Å²) >= 11 is 0. The number of rotatable bonds is 2. The summed E-state index contributed by atoms with van der Waals surface area (Å²) in [5.41, 5.74) is 0.997. The second-order valence-corrected chi connectivity index (χ2v) is 5.06. The Balaban J connectivity index is 1.80. The topological polar surface area (TPSA) is 63.0 Å². The summed E-state index contributed by atoms with van der Waals surface area (Å²) < 4.78 is 5.74. The van der Waals surface area contributed by atoms with Crippen molar-refractivity contribution in [2.24, 2.45) is 5.92 Å². The van der Waals surface area contributed by atoms with E-state index in [9.17, 15) is 4.79 Å². The van der Waals surface area contributed by atoms with Crippen LogP contribution in [0.2, 0.25) is 0 Å². The predicted molar refractivity (Wildman–Crippen MR) is 63.9 cm³/mol. The summed E-state index contributed by atoms with van der Waals surface area (Å²) in [6.07, 6.45) is 7.31. The zero-order valence-corrected chi connectivity index (χ0v) is 10.0. The molecule has 2 aliphatic heterocycles. The minimum absolute atomic E-state index is 0.0343. The molecule has 0 aliphatic carbocycles. The maximum Gasteiger partial charge on any atom is 0.167 e. The monoisotopic (exact) mass is 242 g/mol. The van der Waals surface area contributed by atoms with E-state index in [4.69, 9.17) is 10.00 Å². The minimum atomic E-state index is 0.0343. The Hall–Kier alpha value is -1.73. The van der Waals surface area contributed by atoms with Crippen LogP contribution in [0.4, 0.5) is 0 Å². The van der Waals surface area contributed by atoms with E-state index in [2.05, 4.69) is 4.98 Å². The molecule has 2 saturated heterocycles. The molecule has 2 unspecified atom stereocenters. The zero-order chi connectivity index (χ0) is 12.5. The highest BCUT2D eigenvalue weighted by atomic mass is 16.5. The summed E-state index contributed by atoms with van der Waals surface area (Å²) in [5, 5.41) is 8.83. The standard InChI is InChI=1S/C14H14N2O2/c15-6-9-3-11(8-16-7-9)14(17)10-4-12-1-2-13(5-10)18-12/h3,7-8,10,12-13H,1-2,4-5H2. The molecule has 0 amide bonds. The average molecular weight is 242 g/mol. The molecule has 18 heavy (non-hydrogen) atoms. The zero-order valence-electron chi connectivity index (χ0n) is 10.0. The van der Waals surface area contributed by atoms with E-state index >= 15 is 0 Å². The number of hydrogen-bond acceptors (Lipinski definition) is 4. The first kappa shape index (κ1) is 11.4. The molecular weight excluding hydrogens is 228 g/mol. The summed E-state index contributed by atoms with van der Waals surface area (Å²) in [6.45, 7) is 0. The van der Waals surface area contributed by atoms with Crippen LogP contribution in [0.1, 0.15) is 41.6 Å². The molecule has 1 aromatic heterocycles. The number of fused-ring (bicyclic) bond motifs is 2. The smallest absolute Gasteiger partial charge is 0.167 e. The van der Waals surface area contributed by atoms with E-state index in [1.54, 1.807) is 12.3 Å². The third-order valence-electron chi connectivity index (χ3n) is 3.81. The molecule has 3 rings (SSSR count). The van der Waals surface area contributed by atoms with Gasteiger partial charge in [-0.25, -0.2) is 0 Å². The van der Waals surface area contributed by atoms with Crippen LogP contribution in [0, 0.1) is 17.2 Å². The van der Waals surface area contributed by atoms with Crippen molar-refractivity contribution in [3.63, 3.8) is 0 Å². The normalized spacial score (nSPS) is 29.8. The molecule has 92 valence electrons. The summed E-state index contributed by atoms with van der Waals surface area (Å²) in [7, 11) is 0. The first-order valence-corrected chi connectivity index (χ1v) is 6.31. The Bertz CT molecular complexity index is 509. The van der Waals surface area contributed by atoms with Gasteiger partial charge in [0.15, 0.2) is 5.78 Å². The molecule has 0 radical (unpaired) electrons. The summed E-state index contributed by atoms with van der Waals surface area (Å²) in [5.74, 6) is 0.145. The van der Waals surface area contributed by atoms with Gasteiger partial charge < -0.3 is 4.74 Å². The van der Waals surface area contributed by atoms with Crippen molar-refractivity contribution in [1.82, 2.24) is 4.98 Å². The number of carbonyl (C=O) groups is 1. The van der Waals surface area contributed by atoms with Gasteiger partial charge in [0.2, 0.25) is 0 Å². The molecule has 0 saturated carbocycles. The van der Waals surface area contributed by atoms with Crippen molar-refractivity contribution in [3.05, 3.63) is 29.6 Å². The van der Waals surface area contributed by atoms with Gasteiger partial charge >= 0.3 is 0 Å². The molecule has 0 aromatic carbocycles. The van der Waals surface area contributed by atoms with Crippen LogP contribution in [0.15, 0.2) is 18.5 Å². The maximum atomic E-state index is 12.4. The average Bonchev–Trinajstić information content (AvgIpc) is 2.76. The molecule has 0 spiro atoms. The fraction of sp³-hybridized carbons (Fsp3) is 0.500. The Kier molecular flexibility index (Phi) is 2.85. The molecule has 4 nitrogen and oxygen atoms in total. The molecule has 3 heterocycles. The predicted octanol–water partition coefficient (Wildman–Crippen LogP) is 2.09. The third kappa shape index (κ3) is 2.02.